The standard InChI is InChI=1S/C15H13F2NO2/c1-20-15(19)8-10-2-5-12(6-3-10)18-14-9-11(16)4-7-13(14)17/h2-7,9,18H,8H2,1H3. The Hall–Kier alpha value is -2.43. The molecule has 2 aromatic rings. The first-order chi connectivity index (χ1) is 9.58. The maximum absolute atomic E-state index is 13.5. The SMILES string of the molecule is COC(=O)Cc1ccc(Nc2cc(F)ccc2F)cc1. The molecule has 2 rings (SSSR count). The third-order valence-electron chi connectivity index (χ3n) is 2.74. The normalized spacial score (nSPS) is 10.2. The summed E-state index contributed by atoms with van der Waals surface area (Å²) in [4.78, 5) is 11.1. The number of anilines is 2. The monoisotopic (exact) mass is 277 g/mol. The molecule has 0 heterocycles. The van der Waals surface area contributed by atoms with Crippen LogP contribution in [0.5, 0.6) is 0 Å². The van der Waals surface area contributed by atoms with Gasteiger partial charge in [-0.3, -0.25) is 4.79 Å². The highest BCUT2D eigenvalue weighted by Crippen LogP contribution is 2.21. The van der Waals surface area contributed by atoms with Crippen molar-refractivity contribution in [2.75, 3.05) is 12.4 Å². The van der Waals surface area contributed by atoms with Gasteiger partial charge >= 0.3 is 5.97 Å². The topological polar surface area (TPSA) is 38.3 Å². The molecule has 3 nitrogen and oxygen atoms in total. The smallest absolute Gasteiger partial charge is 0.309 e. The first kappa shape index (κ1) is 14.0. The molecular formula is C15H13F2NO2. The van der Waals surface area contributed by atoms with Crippen molar-refractivity contribution in [2.45, 2.75) is 6.42 Å². The van der Waals surface area contributed by atoms with Crippen molar-refractivity contribution < 1.29 is 18.3 Å². The van der Waals surface area contributed by atoms with Gasteiger partial charge in [-0.25, -0.2) is 8.78 Å². The molecule has 1 N–H and O–H groups in total. The van der Waals surface area contributed by atoms with Gasteiger partial charge in [-0.2, -0.15) is 0 Å². The lowest BCUT2D eigenvalue weighted by Crippen LogP contribution is -2.04. The number of rotatable bonds is 4. The summed E-state index contributed by atoms with van der Waals surface area (Å²) < 4.78 is 31.1. The van der Waals surface area contributed by atoms with Crippen molar-refractivity contribution in [1.29, 1.82) is 0 Å². The predicted molar refractivity (Wildman–Crippen MR) is 71.8 cm³/mol. The number of esters is 1. The minimum absolute atomic E-state index is 0.0608. The fraction of sp³-hybridized carbons (Fsp3) is 0.133. The van der Waals surface area contributed by atoms with E-state index in [0.29, 0.717) is 5.69 Å². The summed E-state index contributed by atoms with van der Waals surface area (Å²) in [5.74, 6) is -1.39. The predicted octanol–water partition coefficient (Wildman–Crippen LogP) is 3.42. The Morgan fingerprint density at radius 1 is 1.15 bits per heavy atom. The van der Waals surface area contributed by atoms with Gasteiger partial charge < -0.3 is 10.1 Å². The molecule has 0 amide bonds. The van der Waals surface area contributed by atoms with Crippen LogP contribution < -0.4 is 5.32 Å². The number of halogens is 2. The summed E-state index contributed by atoms with van der Waals surface area (Å²) in [5.41, 5.74) is 1.44. The molecule has 0 saturated carbocycles. The summed E-state index contributed by atoms with van der Waals surface area (Å²) in [6, 6.07) is 10.00. The van der Waals surface area contributed by atoms with Gasteiger partial charge in [0.2, 0.25) is 0 Å². The Morgan fingerprint density at radius 2 is 1.85 bits per heavy atom. The lowest BCUT2D eigenvalue weighted by Gasteiger charge is -2.08. The second-order valence-electron chi connectivity index (χ2n) is 4.20. The molecule has 0 unspecified atom stereocenters. The third kappa shape index (κ3) is 3.54. The molecule has 0 aliphatic heterocycles. The van der Waals surface area contributed by atoms with Crippen molar-refractivity contribution in [3.05, 3.63) is 59.7 Å². The van der Waals surface area contributed by atoms with Crippen molar-refractivity contribution in [2.24, 2.45) is 0 Å². The van der Waals surface area contributed by atoms with E-state index in [9.17, 15) is 13.6 Å². The summed E-state index contributed by atoms with van der Waals surface area (Å²) in [6.07, 6.45) is 0.172. The summed E-state index contributed by atoms with van der Waals surface area (Å²) in [7, 11) is 1.32. The van der Waals surface area contributed by atoms with Crippen LogP contribution in [0.25, 0.3) is 0 Å². The highest BCUT2D eigenvalue weighted by molar-refractivity contribution is 5.72. The van der Waals surface area contributed by atoms with Crippen LogP contribution in [-0.2, 0) is 16.0 Å². The fourth-order valence-corrected chi connectivity index (χ4v) is 1.69. The number of hydrogen-bond donors (Lipinski definition) is 1. The van der Waals surface area contributed by atoms with E-state index in [1.807, 2.05) is 0 Å². The number of ether oxygens (including phenoxy) is 1. The minimum Gasteiger partial charge on any atom is -0.469 e. The maximum Gasteiger partial charge on any atom is 0.309 e. The molecule has 0 aliphatic carbocycles. The molecule has 0 bridgehead atoms. The molecule has 0 atom stereocenters. The Bertz CT molecular complexity index is 612. The van der Waals surface area contributed by atoms with E-state index in [1.54, 1.807) is 24.3 Å². The molecular weight excluding hydrogens is 264 g/mol. The lowest BCUT2D eigenvalue weighted by atomic mass is 10.1. The van der Waals surface area contributed by atoms with Gasteiger partial charge in [0.15, 0.2) is 0 Å². The Morgan fingerprint density at radius 3 is 2.50 bits per heavy atom. The number of benzene rings is 2. The number of carbonyl (C=O) groups is 1. The van der Waals surface area contributed by atoms with Crippen LogP contribution in [0.15, 0.2) is 42.5 Å². The van der Waals surface area contributed by atoms with Gasteiger partial charge in [0, 0.05) is 11.8 Å². The number of methoxy groups -OCH3 is 1. The highest BCUT2D eigenvalue weighted by atomic mass is 19.1. The third-order valence-corrected chi connectivity index (χ3v) is 2.74. The second-order valence-corrected chi connectivity index (χ2v) is 4.20. The van der Waals surface area contributed by atoms with Gasteiger partial charge in [-0.15, -0.1) is 0 Å². The van der Waals surface area contributed by atoms with E-state index in [2.05, 4.69) is 10.1 Å². The molecule has 0 saturated heterocycles. The molecule has 2 aromatic carbocycles. The van der Waals surface area contributed by atoms with Crippen LogP contribution in [0.4, 0.5) is 20.2 Å². The Kier molecular flexibility index (Phi) is 4.30. The Labute approximate surface area is 115 Å². The minimum atomic E-state index is -0.537. The average molecular weight is 277 g/mol. The van der Waals surface area contributed by atoms with Gasteiger partial charge in [0.05, 0.1) is 19.2 Å². The van der Waals surface area contributed by atoms with E-state index >= 15 is 0 Å². The summed E-state index contributed by atoms with van der Waals surface area (Å²) in [5, 5.41) is 2.78. The fourth-order valence-electron chi connectivity index (χ4n) is 1.69. The quantitative estimate of drug-likeness (QED) is 0.870. The molecule has 0 spiro atoms. The van der Waals surface area contributed by atoms with E-state index in [0.717, 1.165) is 23.8 Å². The molecule has 0 radical (unpaired) electrons. The number of nitrogens with one attached hydrogen (secondary N) is 1. The number of hydrogen-bond acceptors (Lipinski definition) is 3. The van der Waals surface area contributed by atoms with E-state index < -0.39 is 11.6 Å². The highest BCUT2D eigenvalue weighted by Gasteiger charge is 2.05. The average Bonchev–Trinajstić information content (AvgIpc) is 2.45. The van der Waals surface area contributed by atoms with Crippen molar-refractivity contribution >= 4 is 17.3 Å². The van der Waals surface area contributed by atoms with Crippen molar-refractivity contribution in [3.63, 3.8) is 0 Å². The number of carbonyl (C=O) groups excluding carboxylic acids is 1. The first-order valence-electron chi connectivity index (χ1n) is 5.96. The van der Waals surface area contributed by atoms with Crippen LogP contribution in [0.1, 0.15) is 5.56 Å². The van der Waals surface area contributed by atoms with E-state index in [1.165, 1.54) is 7.11 Å². The zero-order valence-corrected chi connectivity index (χ0v) is 10.8. The zero-order valence-electron chi connectivity index (χ0n) is 10.8. The van der Waals surface area contributed by atoms with Crippen LogP contribution in [-0.4, -0.2) is 13.1 Å². The Balaban J connectivity index is 2.10. The summed E-state index contributed by atoms with van der Waals surface area (Å²) in [6.45, 7) is 0. The molecule has 0 aromatic heterocycles. The van der Waals surface area contributed by atoms with Crippen molar-refractivity contribution in [1.82, 2.24) is 0 Å². The summed E-state index contributed by atoms with van der Waals surface area (Å²) >= 11 is 0. The van der Waals surface area contributed by atoms with Gasteiger partial charge in [0.1, 0.15) is 11.6 Å². The van der Waals surface area contributed by atoms with E-state index in [4.69, 9.17) is 0 Å². The zero-order chi connectivity index (χ0) is 14.5. The van der Waals surface area contributed by atoms with Gasteiger partial charge in [0.25, 0.3) is 0 Å². The van der Waals surface area contributed by atoms with Crippen LogP contribution in [0.2, 0.25) is 0 Å². The van der Waals surface area contributed by atoms with E-state index in [-0.39, 0.29) is 18.1 Å². The van der Waals surface area contributed by atoms with Crippen LogP contribution in [0, 0.1) is 11.6 Å². The molecule has 20 heavy (non-hydrogen) atoms. The molecule has 5 heteroatoms. The largest absolute Gasteiger partial charge is 0.469 e. The molecule has 104 valence electrons. The van der Waals surface area contributed by atoms with Crippen molar-refractivity contribution in [3.8, 4) is 0 Å². The van der Waals surface area contributed by atoms with Gasteiger partial charge in [-0.05, 0) is 29.8 Å². The first-order valence-corrected chi connectivity index (χ1v) is 5.96. The molecule has 0 fully saturated rings. The molecule has 0 aliphatic rings. The van der Waals surface area contributed by atoms with Crippen LogP contribution >= 0.6 is 0 Å². The maximum atomic E-state index is 13.5. The van der Waals surface area contributed by atoms with Crippen LogP contribution in [0.3, 0.4) is 0 Å². The lowest BCUT2D eigenvalue weighted by molar-refractivity contribution is -0.139. The van der Waals surface area contributed by atoms with Gasteiger partial charge in [-0.1, -0.05) is 12.1 Å². The second kappa shape index (κ2) is 6.14.